The predicted octanol–water partition coefficient (Wildman–Crippen LogP) is 3.96. The highest BCUT2D eigenvalue weighted by Gasteiger charge is 2.28. The van der Waals surface area contributed by atoms with Crippen LogP contribution in [-0.4, -0.2) is 61.4 Å². The molecule has 1 saturated heterocycles. The second kappa shape index (κ2) is 10.6. The van der Waals surface area contributed by atoms with Gasteiger partial charge in [0.05, 0.1) is 6.04 Å². The molecule has 0 spiro atoms. The summed E-state index contributed by atoms with van der Waals surface area (Å²) in [6.07, 6.45) is 3.57. The molecular weight excluding hydrogens is 412 g/mol. The smallest absolute Gasteiger partial charge is 0.252 e. The monoisotopic (exact) mass is 446 g/mol. The molecule has 0 bridgehead atoms. The van der Waals surface area contributed by atoms with E-state index in [1.165, 1.54) is 0 Å². The summed E-state index contributed by atoms with van der Waals surface area (Å²) in [5.41, 5.74) is 4.90. The van der Waals surface area contributed by atoms with Crippen LogP contribution in [0.4, 0.5) is 5.69 Å². The molecule has 2 aromatic rings. The average Bonchev–Trinajstić information content (AvgIpc) is 2.80. The van der Waals surface area contributed by atoms with Crippen molar-refractivity contribution in [3.05, 3.63) is 77.4 Å². The molecule has 1 aliphatic heterocycles. The number of anilines is 1. The van der Waals surface area contributed by atoms with Crippen molar-refractivity contribution in [3.8, 4) is 0 Å². The van der Waals surface area contributed by atoms with Gasteiger partial charge in [0.1, 0.15) is 6.04 Å². The molecule has 2 N–H and O–H groups in total. The zero-order valence-electron chi connectivity index (χ0n) is 20.0. The minimum atomic E-state index is -0.227. The Morgan fingerprint density at radius 2 is 1.88 bits per heavy atom. The number of piperazine rings is 1. The zero-order valence-corrected chi connectivity index (χ0v) is 20.0. The lowest BCUT2D eigenvalue weighted by molar-refractivity contribution is -0.122. The van der Waals surface area contributed by atoms with E-state index in [-0.39, 0.29) is 23.9 Å². The number of amides is 2. The fourth-order valence-corrected chi connectivity index (χ4v) is 4.21. The number of benzene rings is 2. The molecular formula is C27H34N4O2. The maximum atomic E-state index is 13.2. The van der Waals surface area contributed by atoms with Crippen molar-refractivity contribution < 1.29 is 9.59 Å². The number of likely N-dealkylation sites (N-methyl/N-ethyl adjacent to an activating group) is 2. The van der Waals surface area contributed by atoms with Gasteiger partial charge in [-0.05, 0) is 62.3 Å². The van der Waals surface area contributed by atoms with E-state index in [1.807, 2.05) is 58.3 Å². The lowest BCUT2D eigenvalue weighted by Crippen LogP contribution is -2.55. The van der Waals surface area contributed by atoms with Gasteiger partial charge in [-0.15, -0.1) is 0 Å². The minimum Gasteiger partial charge on any atom is -0.345 e. The first-order chi connectivity index (χ1) is 15.7. The van der Waals surface area contributed by atoms with Gasteiger partial charge in [-0.3, -0.25) is 14.5 Å². The SMILES string of the molecule is C=Cc1cccc([C@@H](C)NC(=O)c2cc(NC(=O)C3CN(C)CCN3C)ccc2C)c1C=C. The van der Waals surface area contributed by atoms with E-state index in [1.54, 1.807) is 18.2 Å². The highest BCUT2D eigenvalue weighted by atomic mass is 16.2. The van der Waals surface area contributed by atoms with Gasteiger partial charge < -0.3 is 15.5 Å². The third-order valence-electron chi connectivity index (χ3n) is 6.32. The molecule has 3 rings (SSSR count). The number of rotatable bonds is 7. The van der Waals surface area contributed by atoms with Gasteiger partial charge in [0.2, 0.25) is 5.91 Å². The molecule has 33 heavy (non-hydrogen) atoms. The number of hydrogen-bond acceptors (Lipinski definition) is 4. The molecule has 0 radical (unpaired) electrons. The quantitative estimate of drug-likeness (QED) is 0.676. The number of carbonyl (C=O) groups excluding carboxylic acids is 2. The first-order valence-corrected chi connectivity index (χ1v) is 11.2. The highest BCUT2D eigenvalue weighted by Crippen LogP contribution is 2.25. The lowest BCUT2D eigenvalue weighted by Gasteiger charge is -2.36. The fraction of sp³-hybridized carbons (Fsp3) is 0.333. The largest absolute Gasteiger partial charge is 0.345 e. The molecule has 1 aliphatic rings. The maximum absolute atomic E-state index is 13.2. The van der Waals surface area contributed by atoms with Crippen LogP contribution in [0.5, 0.6) is 0 Å². The first kappa shape index (κ1) is 24.4. The molecule has 6 nitrogen and oxygen atoms in total. The Balaban J connectivity index is 1.76. The van der Waals surface area contributed by atoms with Crippen LogP contribution in [0.3, 0.4) is 0 Å². The van der Waals surface area contributed by atoms with Crippen molar-refractivity contribution in [1.29, 1.82) is 0 Å². The normalized spacial score (nSPS) is 17.8. The van der Waals surface area contributed by atoms with E-state index in [4.69, 9.17) is 0 Å². The first-order valence-electron chi connectivity index (χ1n) is 11.2. The van der Waals surface area contributed by atoms with Gasteiger partial charge >= 0.3 is 0 Å². The van der Waals surface area contributed by atoms with Crippen LogP contribution in [0.1, 0.15) is 45.6 Å². The van der Waals surface area contributed by atoms with Crippen molar-refractivity contribution in [2.24, 2.45) is 0 Å². The Morgan fingerprint density at radius 3 is 2.58 bits per heavy atom. The van der Waals surface area contributed by atoms with Crippen molar-refractivity contribution >= 4 is 29.7 Å². The number of aryl methyl sites for hydroxylation is 1. The average molecular weight is 447 g/mol. The predicted molar refractivity (Wildman–Crippen MR) is 136 cm³/mol. The van der Waals surface area contributed by atoms with Crippen LogP contribution in [-0.2, 0) is 4.79 Å². The molecule has 0 saturated carbocycles. The third kappa shape index (κ3) is 5.59. The van der Waals surface area contributed by atoms with Gasteiger partial charge in [-0.2, -0.15) is 0 Å². The molecule has 2 amide bonds. The third-order valence-corrected chi connectivity index (χ3v) is 6.32. The van der Waals surface area contributed by atoms with Crippen LogP contribution in [0.15, 0.2) is 49.6 Å². The van der Waals surface area contributed by atoms with Crippen LogP contribution < -0.4 is 10.6 Å². The Kier molecular flexibility index (Phi) is 7.84. The van der Waals surface area contributed by atoms with Gasteiger partial charge in [-0.1, -0.05) is 49.6 Å². The van der Waals surface area contributed by atoms with Crippen molar-refractivity contribution in [2.75, 3.05) is 39.0 Å². The molecule has 1 unspecified atom stereocenters. The summed E-state index contributed by atoms with van der Waals surface area (Å²) in [5, 5.41) is 6.08. The summed E-state index contributed by atoms with van der Waals surface area (Å²) in [6.45, 7) is 14.1. The van der Waals surface area contributed by atoms with E-state index in [0.717, 1.165) is 35.3 Å². The number of nitrogens with zero attached hydrogens (tertiary/aromatic N) is 2. The summed E-state index contributed by atoms with van der Waals surface area (Å²) in [7, 11) is 3.98. The lowest BCUT2D eigenvalue weighted by atomic mass is 9.96. The Labute approximate surface area is 197 Å². The molecule has 1 fully saturated rings. The molecule has 2 aromatic carbocycles. The number of hydrogen-bond donors (Lipinski definition) is 2. The van der Waals surface area contributed by atoms with Gasteiger partial charge in [0.25, 0.3) is 5.91 Å². The van der Waals surface area contributed by atoms with Crippen molar-refractivity contribution in [2.45, 2.75) is 25.9 Å². The van der Waals surface area contributed by atoms with E-state index in [2.05, 4.69) is 33.6 Å². The van der Waals surface area contributed by atoms with Crippen LogP contribution in [0, 0.1) is 6.92 Å². The zero-order chi connectivity index (χ0) is 24.1. The van der Waals surface area contributed by atoms with Gasteiger partial charge in [0, 0.05) is 30.9 Å². The standard InChI is InChI=1S/C27H34N4O2/c1-7-20-10-9-11-23(22(20)8-2)19(4)28-26(32)24-16-21(13-12-18(24)3)29-27(33)25-17-30(5)14-15-31(25)6/h7-13,16,19,25H,1-2,14-15,17H2,3-6H3,(H,28,32)(H,29,33)/t19-,25?/m1/s1. The van der Waals surface area contributed by atoms with Gasteiger partial charge in [-0.25, -0.2) is 0 Å². The summed E-state index contributed by atoms with van der Waals surface area (Å²) < 4.78 is 0. The van der Waals surface area contributed by atoms with Crippen LogP contribution >= 0.6 is 0 Å². The molecule has 174 valence electrons. The van der Waals surface area contributed by atoms with Crippen molar-refractivity contribution in [1.82, 2.24) is 15.1 Å². The Morgan fingerprint density at radius 1 is 1.12 bits per heavy atom. The second-order valence-electron chi connectivity index (χ2n) is 8.73. The molecule has 0 aliphatic carbocycles. The summed E-state index contributed by atoms with van der Waals surface area (Å²) in [4.78, 5) is 30.3. The fourth-order valence-electron chi connectivity index (χ4n) is 4.21. The van der Waals surface area contributed by atoms with Crippen molar-refractivity contribution in [3.63, 3.8) is 0 Å². The van der Waals surface area contributed by atoms with E-state index >= 15 is 0 Å². The molecule has 0 aromatic heterocycles. The van der Waals surface area contributed by atoms with Crippen LogP contribution in [0.25, 0.3) is 12.2 Å². The number of carbonyl (C=O) groups is 2. The molecule has 1 heterocycles. The van der Waals surface area contributed by atoms with Crippen LogP contribution in [0.2, 0.25) is 0 Å². The summed E-state index contributed by atoms with van der Waals surface area (Å²) in [5.74, 6) is -0.255. The molecule has 2 atom stereocenters. The number of nitrogens with one attached hydrogen (secondary N) is 2. The van der Waals surface area contributed by atoms with E-state index < -0.39 is 0 Å². The molecule has 6 heteroatoms. The summed E-state index contributed by atoms with van der Waals surface area (Å²) >= 11 is 0. The second-order valence-corrected chi connectivity index (χ2v) is 8.73. The topological polar surface area (TPSA) is 64.7 Å². The highest BCUT2D eigenvalue weighted by molar-refractivity contribution is 5.99. The Hall–Kier alpha value is -3.22. The minimum absolute atomic E-state index is 0.0653. The van der Waals surface area contributed by atoms with Gasteiger partial charge in [0.15, 0.2) is 0 Å². The Bertz CT molecular complexity index is 1060. The maximum Gasteiger partial charge on any atom is 0.252 e. The van der Waals surface area contributed by atoms with E-state index in [9.17, 15) is 9.59 Å². The summed E-state index contributed by atoms with van der Waals surface area (Å²) in [6, 6.07) is 10.9. The van der Waals surface area contributed by atoms with E-state index in [0.29, 0.717) is 17.8 Å².